The number of pyridine rings is 1. The van der Waals surface area contributed by atoms with Crippen molar-refractivity contribution in [1.29, 1.82) is 0 Å². The van der Waals surface area contributed by atoms with Gasteiger partial charge >= 0.3 is 6.09 Å². The largest absolute Gasteiger partial charge is 0.444 e. The number of benzene rings is 1. The van der Waals surface area contributed by atoms with Crippen LogP contribution in [0.2, 0.25) is 0 Å². The number of fused-ring (bicyclic) bond motifs is 1. The number of aromatic nitrogens is 4. The molecule has 0 aliphatic carbocycles. The lowest BCUT2D eigenvalue weighted by Crippen LogP contribution is -2.42. The predicted octanol–water partition coefficient (Wildman–Crippen LogP) is 5.45. The van der Waals surface area contributed by atoms with Crippen molar-refractivity contribution in [2.45, 2.75) is 59.6 Å². The summed E-state index contributed by atoms with van der Waals surface area (Å²) in [5.74, 6) is -0.592. The van der Waals surface area contributed by atoms with E-state index in [9.17, 15) is 18.4 Å². The zero-order chi connectivity index (χ0) is 30.2. The van der Waals surface area contributed by atoms with Gasteiger partial charge in [-0.05, 0) is 83.2 Å². The molecule has 3 aromatic heterocycles. The summed E-state index contributed by atoms with van der Waals surface area (Å²) >= 11 is 0. The molecule has 1 aromatic carbocycles. The molecule has 42 heavy (non-hydrogen) atoms. The smallest absolute Gasteiger partial charge is 0.410 e. The standard InChI is InChI=1S/C30H34F2N6O4/c1-17-25(18(2)42-36-17)23-6-7-24-27(35-23)38(16-20-12-21(31)14-22(32)13-20)28(39)26(34-24)33-15-19-8-10-37(11-9-19)29(40)41-30(3,4)5/h6-7,12-14,19H,8-11,15-16H2,1-5H3,(H,33,34). The maximum Gasteiger partial charge on any atom is 0.410 e. The Morgan fingerprint density at radius 3 is 2.40 bits per heavy atom. The molecule has 10 nitrogen and oxygen atoms in total. The summed E-state index contributed by atoms with van der Waals surface area (Å²) in [6, 6.07) is 6.67. The van der Waals surface area contributed by atoms with E-state index in [1.54, 1.807) is 30.9 Å². The van der Waals surface area contributed by atoms with Crippen molar-refractivity contribution in [2.24, 2.45) is 5.92 Å². The van der Waals surface area contributed by atoms with Gasteiger partial charge in [-0.3, -0.25) is 9.36 Å². The second-order valence-corrected chi connectivity index (χ2v) is 11.7. The first-order valence-electron chi connectivity index (χ1n) is 13.9. The first-order chi connectivity index (χ1) is 19.9. The van der Waals surface area contributed by atoms with Crippen LogP contribution in [0.1, 0.15) is 50.6 Å². The number of hydrogen-bond donors (Lipinski definition) is 1. The van der Waals surface area contributed by atoms with Gasteiger partial charge in [-0.25, -0.2) is 23.5 Å². The average Bonchev–Trinajstić information content (AvgIpc) is 3.25. The summed E-state index contributed by atoms with van der Waals surface area (Å²) in [7, 11) is 0. The second kappa shape index (κ2) is 11.5. The number of rotatable bonds is 6. The van der Waals surface area contributed by atoms with Crippen molar-refractivity contribution < 1.29 is 22.8 Å². The Morgan fingerprint density at radius 2 is 1.79 bits per heavy atom. The minimum atomic E-state index is -0.739. The lowest BCUT2D eigenvalue weighted by atomic mass is 9.97. The van der Waals surface area contributed by atoms with Crippen LogP contribution in [0.3, 0.4) is 0 Å². The van der Waals surface area contributed by atoms with E-state index in [1.165, 1.54) is 16.7 Å². The molecule has 0 saturated carbocycles. The maximum atomic E-state index is 14.0. The zero-order valence-corrected chi connectivity index (χ0v) is 24.3. The molecule has 5 rings (SSSR count). The highest BCUT2D eigenvalue weighted by atomic mass is 19.1. The van der Waals surface area contributed by atoms with Crippen LogP contribution in [-0.2, 0) is 11.3 Å². The average molecular weight is 581 g/mol. The molecular formula is C30H34F2N6O4. The van der Waals surface area contributed by atoms with Gasteiger partial charge in [0, 0.05) is 25.7 Å². The fourth-order valence-electron chi connectivity index (χ4n) is 5.14. The minimum Gasteiger partial charge on any atom is -0.444 e. The summed E-state index contributed by atoms with van der Waals surface area (Å²) < 4.78 is 40.2. The molecule has 4 heterocycles. The molecule has 222 valence electrons. The van der Waals surface area contributed by atoms with E-state index in [4.69, 9.17) is 14.2 Å². The Labute approximate surface area is 241 Å². The molecule has 1 saturated heterocycles. The normalized spacial score (nSPS) is 14.4. The molecule has 1 N–H and O–H groups in total. The van der Waals surface area contributed by atoms with Crippen molar-refractivity contribution in [3.05, 3.63) is 69.3 Å². The van der Waals surface area contributed by atoms with Crippen molar-refractivity contribution >= 4 is 23.1 Å². The molecule has 0 atom stereocenters. The van der Waals surface area contributed by atoms with Crippen molar-refractivity contribution in [2.75, 3.05) is 25.0 Å². The van der Waals surface area contributed by atoms with Crippen LogP contribution in [-0.4, -0.2) is 55.9 Å². The molecule has 4 aromatic rings. The van der Waals surface area contributed by atoms with E-state index in [0.29, 0.717) is 47.9 Å². The fourth-order valence-corrected chi connectivity index (χ4v) is 5.14. The first-order valence-corrected chi connectivity index (χ1v) is 13.9. The van der Waals surface area contributed by atoms with E-state index >= 15 is 0 Å². The Hall–Kier alpha value is -4.35. The minimum absolute atomic E-state index is 0.112. The number of ether oxygens (including phenoxy) is 1. The van der Waals surface area contributed by atoms with Crippen molar-refractivity contribution in [1.82, 2.24) is 24.6 Å². The van der Waals surface area contributed by atoms with Crippen LogP contribution in [0.25, 0.3) is 22.4 Å². The molecule has 1 amide bonds. The quantitative estimate of drug-likeness (QED) is 0.320. The number of carbonyl (C=O) groups is 1. The Morgan fingerprint density at radius 1 is 1.10 bits per heavy atom. The number of anilines is 1. The summed E-state index contributed by atoms with van der Waals surface area (Å²) in [5, 5.41) is 7.18. The molecule has 0 radical (unpaired) electrons. The Bertz CT molecular complexity index is 1650. The van der Waals surface area contributed by atoms with Crippen molar-refractivity contribution in [3.63, 3.8) is 0 Å². The number of nitrogens with zero attached hydrogens (tertiary/aromatic N) is 5. The third-order valence-electron chi connectivity index (χ3n) is 7.17. The lowest BCUT2D eigenvalue weighted by molar-refractivity contribution is 0.0188. The molecule has 1 aliphatic rings. The van der Waals surface area contributed by atoms with E-state index in [-0.39, 0.29) is 35.6 Å². The molecule has 0 bridgehead atoms. The number of likely N-dealkylation sites (tertiary alicyclic amines) is 1. The summed E-state index contributed by atoms with van der Waals surface area (Å²) in [6.07, 6.45) is 1.14. The molecular weight excluding hydrogens is 546 g/mol. The number of carbonyl (C=O) groups excluding carboxylic acids is 1. The van der Waals surface area contributed by atoms with Crippen LogP contribution in [0, 0.1) is 31.4 Å². The van der Waals surface area contributed by atoms with E-state index in [1.807, 2.05) is 20.8 Å². The highest BCUT2D eigenvalue weighted by Gasteiger charge is 2.27. The predicted molar refractivity (Wildman–Crippen MR) is 153 cm³/mol. The van der Waals surface area contributed by atoms with Crippen LogP contribution in [0.15, 0.2) is 39.6 Å². The first kappa shape index (κ1) is 29.2. The number of piperidine rings is 1. The fraction of sp³-hybridized carbons (Fsp3) is 0.433. The Balaban J connectivity index is 1.43. The van der Waals surface area contributed by atoms with Gasteiger partial charge in [0.25, 0.3) is 5.56 Å². The van der Waals surface area contributed by atoms with Crippen LogP contribution < -0.4 is 10.9 Å². The number of aryl methyl sites for hydroxylation is 2. The topological polar surface area (TPSA) is 115 Å². The zero-order valence-electron chi connectivity index (χ0n) is 24.3. The second-order valence-electron chi connectivity index (χ2n) is 11.7. The summed E-state index contributed by atoms with van der Waals surface area (Å²) in [6.45, 7) is 10.5. The van der Waals surface area contributed by atoms with Gasteiger partial charge in [-0.1, -0.05) is 5.16 Å². The number of amides is 1. The summed E-state index contributed by atoms with van der Waals surface area (Å²) in [5.41, 5.74) is 1.82. The van der Waals surface area contributed by atoms with Gasteiger partial charge in [0.2, 0.25) is 0 Å². The van der Waals surface area contributed by atoms with E-state index in [0.717, 1.165) is 18.9 Å². The third kappa shape index (κ3) is 6.42. The van der Waals surface area contributed by atoms with E-state index < -0.39 is 22.8 Å². The van der Waals surface area contributed by atoms with Gasteiger partial charge in [0.15, 0.2) is 11.5 Å². The lowest BCUT2D eigenvalue weighted by Gasteiger charge is -2.33. The number of hydrogen-bond acceptors (Lipinski definition) is 8. The number of nitrogens with one attached hydrogen (secondary N) is 1. The van der Waals surface area contributed by atoms with Crippen LogP contribution in [0.4, 0.5) is 19.4 Å². The SMILES string of the molecule is Cc1noc(C)c1-c1ccc2nc(NCC3CCN(C(=O)OC(C)(C)C)CC3)c(=O)n(Cc3cc(F)cc(F)c3)c2n1. The molecule has 0 spiro atoms. The maximum absolute atomic E-state index is 14.0. The molecule has 0 unspecified atom stereocenters. The van der Waals surface area contributed by atoms with Gasteiger partial charge < -0.3 is 19.5 Å². The summed E-state index contributed by atoms with van der Waals surface area (Å²) in [4.78, 5) is 37.1. The Kier molecular flexibility index (Phi) is 7.98. The molecule has 1 aliphatic heterocycles. The monoisotopic (exact) mass is 580 g/mol. The molecule has 1 fully saturated rings. The van der Waals surface area contributed by atoms with Gasteiger partial charge in [0.1, 0.15) is 28.5 Å². The van der Waals surface area contributed by atoms with Crippen LogP contribution >= 0.6 is 0 Å². The van der Waals surface area contributed by atoms with Gasteiger partial charge in [0.05, 0.1) is 23.5 Å². The van der Waals surface area contributed by atoms with Crippen LogP contribution in [0.5, 0.6) is 0 Å². The third-order valence-corrected chi connectivity index (χ3v) is 7.17. The van der Waals surface area contributed by atoms with Gasteiger partial charge in [-0.2, -0.15) is 0 Å². The van der Waals surface area contributed by atoms with Crippen molar-refractivity contribution in [3.8, 4) is 11.3 Å². The number of halogens is 2. The highest BCUT2D eigenvalue weighted by molar-refractivity contribution is 5.77. The van der Waals surface area contributed by atoms with Gasteiger partial charge in [-0.15, -0.1) is 0 Å². The highest BCUT2D eigenvalue weighted by Crippen LogP contribution is 2.27. The molecule has 12 heteroatoms. The van der Waals surface area contributed by atoms with E-state index in [2.05, 4.69) is 15.5 Å².